The third-order valence-corrected chi connectivity index (χ3v) is 2.53. The number of nitrogens with zero attached hydrogens (tertiary/aromatic N) is 1. The van der Waals surface area contributed by atoms with Gasteiger partial charge in [0, 0.05) is 10.7 Å². The van der Waals surface area contributed by atoms with Crippen LogP contribution in [0.5, 0.6) is 0 Å². The third-order valence-electron chi connectivity index (χ3n) is 1.92. The number of alkyl halides is 2. The molecule has 0 aliphatic carbocycles. The summed E-state index contributed by atoms with van der Waals surface area (Å²) in [5.41, 5.74) is 0.563. The van der Waals surface area contributed by atoms with E-state index in [4.69, 9.17) is 39.5 Å². The van der Waals surface area contributed by atoms with Gasteiger partial charge in [0.25, 0.3) is 0 Å². The lowest BCUT2D eigenvalue weighted by Crippen LogP contribution is -2.30. The molecule has 0 radical (unpaired) electrons. The minimum Gasteiger partial charge on any atom is -0.436 e. The van der Waals surface area contributed by atoms with Gasteiger partial charge in [-0.15, -0.1) is 23.2 Å². The van der Waals surface area contributed by atoms with Crippen LogP contribution >= 0.6 is 34.8 Å². The van der Waals surface area contributed by atoms with Gasteiger partial charge in [-0.05, 0) is 18.2 Å². The van der Waals surface area contributed by atoms with Crippen molar-refractivity contribution in [2.75, 3.05) is 23.4 Å². The van der Waals surface area contributed by atoms with Crippen LogP contribution in [0.4, 0.5) is 10.5 Å². The standard InChI is InChI=1S/C12H10Cl3NO2/c13-6-1-2-7-18-12(17)16(9-14)11-5-3-4-10(15)8-11/h3-5,8H,6-7,9H2. The van der Waals surface area contributed by atoms with Crippen molar-refractivity contribution in [3.05, 3.63) is 29.3 Å². The molecule has 0 spiro atoms. The number of hydrogen-bond donors (Lipinski definition) is 0. The van der Waals surface area contributed by atoms with Crippen molar-refractivity contribution in [1.29, 1.82) is 0 Å². The largest absolute Gasteiger partial charge is 0.436 e. The first-order valence-electron chi connectivity index (χ1n) is 4.96. The van der Waals surface area contributed by atoms with Crippen LogP contribution in [0.15, 0.2) is 24.3 Å². The van der Waals surface area contributed by atoms with E-state index in [9.17, 15) is 4.79 Å². The monoisotopic (exact) mass is 305 g/mol. The fraction of sp³-hybridized carbons (Fsp3) is 0.250. The molecule has 0 heterocycles. The van der Waals surface area contributed by atoms with Gasteiger partial charge in [0.15, 0.2) is 6.61 Å². The molecule has 0 aliphatic rings. The zero-order valence-electron chi connectivity index (χ0n) is 9.33. The summed E-state index contributed by atoms with van der Waals surface area (Å²) in [6.07, 6.45) is -0.587. The summed E-state index contributed by atoms with van der Waals surface area (Å²) in [7, 11) is 0. The average Bonchev–Trinajstić information content (AvgIpc) is 2.36. The molecule has 3 nitrogen and oxygen atoms in total. The van der Waals surface area contributed by atoms with Crippen molar-refractivity contribution in [2.45, 2.75) is 0 Å². The van der Waals surface area contributed by atoms with Crippen LogP contribution in [0.2, 0.25) is 5.02 Å². The molecule has 0 N–H and O–H groups in total. The first-order valence-corrected chi connectivity index (χ1v) is 6.41. The fourth-order valence-electron chi connectivity index (χ4n) is 1.14. The van der Waals surface area contributed by atoms with Crippen molar-refractivity contribution in [3.8, 4) is 11.8 Å². The fourth-order valence-corrected chi connectivity index (χ4v) is 1.66. The molecule has 0 aliphatic heterocycles. The molecule has 0 saturated heterocycles. The van der Waals surface area contributed by atoms with Crippen LogP contribution in [0, 0.1) is 11.8 Å². The van der Waals surface area contributed by atoms with Crippen molar-refractivity contribution in [3.63, 3.8) is 0 Å². The SMILES string of the molecule is O=C(OCC#CCCl)N(CCl)c1cccc(Cl)c1. The number of hydrogen-bond acceptors (Lipinski definition) is 2. The minimum atomic E-state index is -0.587. The van der Waals surface area contributed by atoms with Gasteiger partial charge in [0.1, 0.15) is 6.00 Å². The molecule has 96 valence electrons. The number of carbonyl (C=O) groups is 1. The maximum Gasteiger partial charge on any atom is 0.416 e. The molecule has 0 fully saturated rings. The average molecular weight is 307 g/mol. The minimum absolute atomic E-state index is 0.0283. The normalized spacial score (nSPS) is 9.28. The molecule has 0 aromatic heterocycles. The molecule has 6 heteroatoms. The van der Waals surface area contributed by atoms with Crippen molar-refractivity contribution in [1.82, 2.24) is 0 Å². The molecule has 0 atom stereocenters. The zero-order valence-corrected chi connectivity index (χ0v) is 11.6. The molecule has 1 rings (SSSR count). The van der Waals surface area contributed by atoms with E-state index < -0.39 is 6.09 Å². The summed E-state index contributed by atoms with van der Waals surface area (Å²) in [5.74, 6) is 5.36. The second-order valence-electron chi connectivity index (χ2n) is 3.07. The van der Waals surface area contributed by atoms with Crippen LogP contribution in [-0.2, 0) is 4.74 Å². The predicted octanol–water partition coefficient (Wildman–Crippen LogP) is 3.72. The van der Waals surface area contributed by atoms with E-state index in [1.165, 1.54) is 4.90 Å². The lowest BCUT2D eigenvalue weighted by molar-refractivity contribution is 0.169. The maximum atomic E-state index is 11.7. The molecule has 0 unspecified atom stereocenters. The van der Waals surface area contributed by atoms with Gasteiger partial charge in [0.2, 0.25) is 0 Å². The quantitative estimate of drug-likeness (QED) is 0.484. The Labute approximate surface area is 121 Å². The summed E-state index contributed by atoms with van der Waals surface area (Å²) in [4.78, 5) is 13.0. The van der Waals surface area contributed by atoms with Gasteiger partial charge < -0.3 is 4.74 Å². The third kappa shape index (κ3) is 4.66. The molecule has 0 saturated carbocycles. The summed E-state index contributed by atoms with van der Waals surface area (Å²) in [5, 5.41) is 0.511. The zero-order chi connectivity index (χ0) is 13.4. The van der Waals surface area contributed by atoms with Crippen molar-refractivity contribution >= 4 is 46.6 Å². The van der Waals surface area contributed by atoms with Crippen molar-refractivity contribution in [2.24, 2.45) is 0 Å². The van der Waals surface area contributed by atoms with Crippen LogP contribution in [0.3, 0.4) is 0 Å². The number of benzene rings is 1. The van der Waals surface area contributed by atoms with Gasteiger partial charge in [-0.2, -0.15) is 0 Å². The highest BCUT2D eigenvalue weighted by Crippen LogP contribution is 2.20. The van der Waals surface area contributed by atoms with Crippen LogP contribution in [-0.4, -0.2) is 24.6 Å². The molecule has 1 aromatic carbocycles. The van der Waals surface area contributed by atoms with E-state index in [0.717, 1.165) is 0 Å². The molecule has 0 bridgehead atoms. The lowest BCUT2D eigenvalue weighted by atomic mass is 10.3. The summed E-state index contributed by atoms with van der Waals surface area (Å²) >= 11 is 16.9. The number of rotatable bonds is 3. The van der Waals surface area contributed by atoms with Gasteiger partial charge in [-0.1, -0.05) is 29.5 Å². The van der Waals surface area contributed by atoms with Gasteiger partial charge in [-0.25, -0.2) is 4.79 Å². The Kier molecular flexibility index (Phi) is 6.74. The number of carbonyl (C=O) groups excluding carboxylic acids is 1. The van der Waals surface area contributed by atoms with Crippen LogP contribution in [0.25, 0.3) is 0 Å². The Morgan fingerprint density at radius 2 is 2.11 bits per heavy atom. The Morgan fingerprint density at radius 1 is 1.33 bits per heavy atom. The van der Waals surface area contributed by atoms with E-state index in [1.807, 2.05) is 0 Å². The highest BCUT2D eigenvalue weighted by molar-refractivity contribution is 6.31. The second-order valence-corrected chi connectivity index (χ2v) is 4.01. The summed E-state index contributed by atoms with van der Waals surface area (Å²) in [6, 6.07) is 6.71. The molecule has 1 amide bonds. The highest BCUT2D eigenvalue weighted by atomic mass is 35.5. The molecule has 1 aromatic rings. The van der Waals surface area contributed by atoms with Gasteiger partial charge >= 0.3 is 6.09 Å². The van der Waals surface area contributed by atoms with Crippen LogP contribution < -0.4 is 4.90 Å². The molecule has 18 heavy (non-hydrogen) atoms. The Morgan fingerprint density at radius 3 is 2.72 bits per heavy atom. The Hall–Kier alpha value is -1.08. The topological polar surface area (TPSA) is 29.5 Å². The molecular weight excluding hydrogens is 296 g/mol. The number of amides is 1. The van der Waals surface area contributed by atoms with Crippen molar-refractivity contribution < 1.29 is 9.53 Å². The lowest BCUT2D eigenvalue weighted by Gasteiger charge is -2.18. The number of anilines is 1. The van der Waals surface area contributed by atoms with E-state index >= 15 is 0 Å². The Bertz CT molecular complexity index is 468. The number of ether oxygens (including phenoxy) is 1. The molecular formula is C12H10Cl3NO2. The smallest absolute Gasteiger partial charge is 0.416 e. The Balaban J connectivity index is 2.68. The van der Waals surface area contributed by atoms with E-state index in [0.29, 0.717) is 10.7 Å². The van der Waals surface area contributed by atoms with E-state index in [-0.39, 0.29) is 18.5 Å². The van der Waals surface area contributed by atoms with E-state index in [1.54, 1.807) is 24.3 Å². The summed E-state index contributed by atoms with van der Waals surface area (Å²) < 4.78 is 4.92. The van der Waals surface area contributed by atoms with Gasteiger partial charge in [0.05, 0.1) is 5.88 Å². The highest BCUT2D eigenvalue weighted by Gasteiger charge is 2.15. The van der Waals surface area contributed by atoms with E-state index in [2.05, 4.69) is 11.8 Å². The first kappa shape index (κ1) is 15.0. The number of halogens is 3. The summed E-state index contributed by atoms with van der Waals surface area (Å²) in [6.45, 7) is -0.0283. The first-order chi connectivity index (χ1) is 8.69. The maximum absolute atomic E-state index is 11.7. The second kappa shape index (κ2) is 8.10. The van der Waals surface area contributed by atoms with Crippen LogP contribution in [0.1, 0.15) is 0 Å². The predicted molar refractivity (Wildman–Crippen MR) is 74.5 cm³/mol. The van der Waals surface area contributed by atoms with Gasteiger partial charge in [-0.3, -0.25) is 4.90 Å².